The van der Waals surface area contributed by atoms with Gasteiger partial charge in [0.25, 0.3) is 0 Å². The minimum absolute atomic E-state index is 0.141. The Bertz CT molecular complexity index is 1160. The molecule has 3 N–H and O–H groups in total. The number of nitrogens with one attached hydrogen (secondary N) is 2. The normalized spacial score (nSPS) is 18.2. The minimum Gasteiger partial charge on any atom is -0.441 e. The van der Waals surface area contributed by atoms with Gasteiger partial charge in [-0.15, -0.1) is 5.10 Å². The van der Waals surface area contributed by atoms with Gasteiger partial charge in [0.1, 0.15) is 6.10 Å². The zero-order valence-electron chi connectivity index (χ0n) is 18.5. The molecule has 4 rings (SSSR count). The summed E-state index contributed by atoms with van der Waals surface area (Å²) in [5, 5.41) is 22.9. The SMILES string of the molecule is Cc1ncccc1C(C)OC(=O)Nc1c(-c2ccc(NC(=O)[C@H]3C[C@@H](O)C3)cn2)nnn1C. The zero-order chi connectivity index (χ0) is 23.5. The first-order valence-corrected chi connectivity index (χ1v) is 10.6. The summed E-state index contributed by atoms with van der Waals surface area (Å²) in [6.07, 6.45) is 2.58. The topological polar surface area (TPSA) is 144 Å². The highest BCUT2D eigenvalue weighted by molar-refractivity contribution is 5.93. The Morgan fingerprint density at radius 3 is 2.67 bits per heavy atom. The van der Waals surface area contributed by atoms with E-state index in [0.717, 1.165) is 11.3 Å². The van der Waals surface area contributed by atoms with E-state index in [-0.39, 0.29) is 11.8 Å². The smallest absolute Gasteiger partial charge is 0.413 e. The molecule has 0 saturated heterocycles. The van der Waals surface area contributed by atoms with E-state index >= 15 is 0 Å². The number of pyridine rings is 2. The third-order valence-electron chi connectivity index (χ3n) is 5.57. The molecule has 11 nitrogen and oxygen atoms in total. The predicted molar refractivity (Wildman–Crippen MR) is 119 cm³/mol. The number of carbonyl (C=O) groups excluding carboxylic acids is 2. The van der Waals surface area contributed by atoms with Crippen molar-refractivity contribution in [3.05, 3.63) is 47.9 Å². The number of anilines is 2. The van der Waals surface area contributed by atoms with Crippen LogP contribution < -0.4 is 10.6 Å². The van der Waals surface area contributed by atoms with Gasteiger partial charge in [0, 0.05) is 30.4 Å². The standard InChI is InChI=1S/C22H25N7O4/c1-12-17(5-4-8-23-12)13(2)33-22(32)26-20-19(27-28-29(20)3)18-7-6-15(11-24-18)25-21(31)14-9-16(30)10-14/h4-8,11,13-14,16,30H,9-10H2,1-3H3,(H,25,31)(H,26,32)/t13?,14-,16+. The molecule has 0 aliphatic heterocycles. The van der Waals surface area contributed by atoms with Crippen molar-refractivity contribution >= 4 is 23.5 Å². The van der Waals surface area contributed by atoms with E-state index in [4.69, 9.17) is 4.74 Å². The Labute approximate surface area is 190 Å². The van der Waals surface area contributed by atoms with Crippen molar-refractivity contribution in [1.29, 1.82) is 0 Å². The molecule has 1 fully saturated rings. The van der Waals surface area contributed by atoms with Crippen molar-refractivity contribution in [2.75, 3.05) is 10.6 Å². The van der Waals surface area contributed by atoms with Gasteiger partial charge in [-0.1, -0.05) is 11.3 Å². The molecule has 1 aliphatic carbocycles. The van der Waals surface area contributed by atoms with Crippen LogP contribution in [0.2, 0.25) is 0 Å². The molecule has 1 atom stereocenters. The van der Waals surface area contributed by atoms with Crippen LogP contribution in [0.4, 0.5) is 16.3 Å². The van der Waals surface area contributed by atoms with Crippen molar-refractivity contribution < 1.29 is 19.4 Å². The van der Waals surface area contributed by atoms with Crippen molar-refractivity contribution in [2.24, 2.45) is 13.0 Å². The van der Waals surface area contributed by atoms with Gasteiger partial charge in [-0.3, -0.25) is 20.1 Å². The summed E-state index contributed by atoms with van der Waals surface area (Å²) in [5.74, 6) is -0.000366. The number of nitrogens with zero attached hydrogens (tertiary/aromatic N) is 5. The molecule has 0 radical (unpaired) electrons. The molecule has 0 spiro atoms. The van der Waals surface area contributed by atoms with Gasteiger partial charge < -0.3 is 15.2 Å². The first-order chi connectivity index (χ1) is 15.8. The molecule has 3 aromatic rings. The third-order valence-corrected chi connectivity index (χ3v) is 5.57. The van der Waals surface area contributed by atoms with Crippen LogP contribution in [0, 0.1) is 12.8 Å². The van der Waals surface area contributed by atoms with Gasteiger partial charge in [-0.25, -0.2) is 9.48 Å². The molecule has 1 unspecified atom stereocenters. The van der Waals surface area contributed by atoms with Crippen LogP contribution in [0.5, 0.6) is 0 Å². The molecule has 3 aromatic heterocycles. The first-order valence-electron chi connectivity index (χ1n) is 10.6. The van der Waals surface area contributed by atoms with Crippen LogP contribution in [-0.2, 0) is 16.6 Å². The Morgan fingerprint density at radius 1 is 1.21 bits per heavy atom. The van der Waals surface area contributed by atoms with Gasteiger partial charge in [-0.2, -0.15) is 0 Å². The summed E-state index contributed by atoms with van der Waals surface area (Å²) in [4.78, 5) is 33.2. The average Bonchev–Trinajstić information content (AvgIpc) is 3.12. The molecule has 1 saturated carbocycles. The highest BCUT2D eigenvalue weighted by Gasteiger charge is 2.33. The highest BCUT2D eigenvalue weighted by Crippen LogP contribution is 2.29. The molecular formula is C22H25N7O4. The number of aryl methyl sites for hydroxylation is 2. The number of hydrogen-bond acceptors (Lipinski definition) is 8. The van der Waals surface area contributed by atoms with Crippen LogP contribution in [-0.4, -0.2) is 48.2 Å². The van der Waals surface area contributed by atoms with Crippen molar-refractivity contribution in [1.82, 2.24) is 25.0 Å². The lowest BCUT2D eigenvalue weighted by Crippen LogP contribution is -2.37. The number of rotatable bonds is 6. The maximum atomic E-state index is 12.5. The quantitative estimate of drug-likeness (QED) is 0.519. The predicted octanol–water partition coefficient (Wildman–Crippen LogP) is 2.60. The van der Waals surface area contributed by atoms with Gasteiger partial charge in [-0.05, 0) is 44.9 Å². The largest absolute Gasteiger partial charge is 0.441 e. The minimum atomic E-state index is -0.663. The monoisotopic (exact) mass is 451 g/mol. The molecule has 0 bridgehead atoms. The number of ether oxygens (including phenoxy) is 1. The fraction of sp³-hybridized carbons (Fsp3) is 0.364. The Kier molecular flexibility index (Phi) is 6.31. The first kappa shape index (κ1) is 22.3. The number of hydrogen-bond donors (Lipinski definition) is 3. The van der Waals surface area contributed by atoms with Gasteiger partial charge >= 0.3 is 6.09 Å². The number of aliphatic hydroxyl groups excluding tert-OH is 1. The van der Waals surface area contributed by atoms with Crippen LogP contribution >= 0.6 is 0 Å². The van der Waals surface area contributed by atoms with E-state index in [1.807, 2.05) is 13.0 Å². The summed E-state index contributed by atoms with van der Waals surface area (Å²) in [6.45, 7) is 3.62. The number of aliphatic hydroxyl groups is 1. The van der Waals surface area contributed by atoms with E-state index in [0.29, 0.717) is 35.7 Å². The maximum Gasteiger partial charge on any atom is 0.413 e. The lowest BCUT2D eigenvalue weighted by molar-refractivity contribution is -0.126. The molecule has 3 heterocycles. The highest BCUT2D eigenvalue weighted by atomic mass is 16.6. The van der Waals surface area contributed by atoms with Crippen molar-refractivity contribution in [3.8, 4) is 11.4 Å². The van der Waals surface area contributed by atoms with E-state index in [1.54, 1.807) is 38.4 Å². The Morgan fingerprint density at radius 2 is 2.00 bits per heavy atom. The number of aromatic nitrogens is 5. The van der Waals surface area contributed by atoms with E-state index in [9.17, 15) is 14.7 Å². The van der Waals surface area contributed by atoms with Crippen LogP contribution in [0.3, 0.4) is 0 Å². The van der Waals surface area contributed by atoms with Crippen LogP contribution in [0.15, 0.2) is 36.7 Å². The fourth-order valence-corrected chi connectivity index (χ4v) is 3.60. The molecule has 11 heteroatoms. The summed E-state index contributed by atoms with van der Waals surface area (Å²) < 4.78 is 6.91. The van der Waals surface area contributed by atoms with Crippen molar-refractivity contribution in [2.45, 2.75) is 38.9 Å². The van der Waals surface area contributed by atoms with Gasteiger partial charge in [0.15, 0.2) is 11.5 Å². The third kappa shape index (κ3) is 4.98. The van der Waals surface area contributed by atoms with E-state index in [2.05, 4.69) is 30.9 Å². The molecule has 33 heavy (non-hydrogen) atoms. The van der Waals surface area contributed by atoms with E-state index < -0.39 is 18.3 Å². The number of carbonyl (C=O) groups is 2. The Hall–Kier alpha value is -3.86. The molecule has 172 valence electrons. The van der Waals surface area contributed by atoms with Crippen molar-refractivity contribution in [3.63, 3.8) is 0 Å². The fourth-order valence-electron chi connectivity index (χ4n) is 3.60. The number of amides is 2. The second kappa shape index (κ2) is 9.33. The van der Waals surface area contributed by atoms with Gasteiger partial charge in [0.05, 0.1) is 23.7 Å². The van der Waals surface area contributed by atoms with Crippen LogP contribution in [0.1, 0.15) is 37.1 Å². The second-order valence-electron chi connectivity index (χ2n) is 8.00. The van der Waals surface area contributed by atoms with Crippen LogP contribution in [0.25, 0.3) is 11.4 Å². The second-order valence-corrected chi connectivity index (χ2v) is 8.00. The summed E-state index contributed by atoms with van der Waals surface area (Å²) in [7, 11) is 1.64. The average molecular weight is 451 g/mol. The maximum absolute atomic E-state index is 12.5. The molecular weight excluding hydrogens is 426 g/mol. The molecule has 0 aromatic carbocycles. The summed E-state index contributed by atoms with van der Waals surface area (Å²) in [6, 6.07) is 7.01. The Balaban J connectivity index is 1.42. The molecule has 1 aliphatic rings. The summed E-state index contributed by atoms with van der Waals surface area (Å²) >= 11 is 0. The van der Waals surface area contributed by atoms with E-state index in [1.165, 1.54) is 10.9 Å². The lowest BCUT2D eigenvalue weighted by Gasteiger charge is -2.29. The lowest BCUT2D eigenvalue weighted by atomic mass is 9.82. The van der Waals surface area contributed by atoms with Gasteiger partial charge in [0.2, 0.25) is 5.91 Å². The zero-order valence-corrected chi connectivity index (χ0v) is 18.5. The molecule has 2 amide bonds. The summed E-state index contributed by atoms with van der Waals surface area (Å²) in [5.41, 5.74) is 2.95.